The van der Waals surface area contributed by atoms with Crippen LogP contribution in [0.2, 0.25) is 18.1 Å². The molecule has 4 atom stereocenters. The number of carbonyl (C=O) groups is 3. The fourth-order valence-corrected chi connectivity index (χ4v) is 14.0. The summed E-state index contributed by atoms with van der Waals surface area (Å²) in [7, 11) is -2.40. The van der Waals surface area contributed by atoms with E-state index >= 15 is 9.59 Å². The summed E-state index contributed by atoms with van der Waals surface area (Å²) in [5.41, 5.74) is -0.618. The van der Waals surface area contributed by atoms with Gasteiger partial charge in [-0.15, -0.1) is 11.3 Å². The fraction of sp³-hybridized carbons (Fsp3) is 0.310. The molecule has 1 amide bonds. The van der Waals surface area contributed by atoms with Crippen LogP contribution in [0.15, 0.2) is 122 Å². The van der Waals surface area contributed by atoms with E-state index < -0.39 is 44.7 Å². The van der Waals surface area contributed by atoms with E-state index in [9.17, 15) is 4.79 Å². The lowest BCUT2D eigenvalue weighted by Gasteiger charge is -2.57. The van der Waals surface area contributed by atoms with Crippen LogP contribution in [0.5, 0.6) is 0 Å². The Morgan fingerprint density at radius 3 is 1.96 bits per heavy atom. The van der Waals surface area contributed by atoms with Crippen molar-refractivity contribution in [1.82, 2.24) is 14.3 Å². The van der Waals surface area contributed by atoms with Crippen molar-refractivity contribution in [2.24, 2.45) is 5.92 Å². The SMILES string of the molecule is C=CCOC(=O)C(N1C(=O)[C@H]([C@@H](C)O[Si](C)(C)C(C)(C)C)[C@@H]1[C@@](C)(C=O)c1ncn2ccsc12)=P(c1ccccc1)(c1ccccc1)c1ccccc1. The van der Waals surface area contributed by atoms with Crippen molar-refractivity contribution >= 4 is 70.9 Å². The van der Waals surface area contributed by atoms with Gasteiger partial charge in [-0.25, -0.2) is 9.78 Å². The number of fused-ring (bicyclic) bond motifs is 1. The van der Waals surface area contributed by atoms with Crippen molar-refractivity contribution in [1.29, 1.82) is 0 Å². The highest BCUT2D eigenvalue weighted by Gasteiger charge is 2.64. The van der Waals surface area contributed by atoms with Crippen LogP contribution in [0.3, 0.4) is 0 Å². The van der Waals surface area contributed by atoms with Crippen molar-refractivity contribution < 1.29 is 23.5 Å². The average Bonchev–Trinajstić information content (AvgIpc) is 3.78. The predicted octanol–water partition coefficient (Wildman–Crippen LogP) is 6.94. The average molecular weight is 766 g/mol. The maximum Gasteiger partial charge on any atom is 0.356 e. The van der Waals surface area contributed by atoms with Gasteiger partial charge in [-0.2, -0.15) is 0 Å². The fourth-order valence-electron chi connectivity index (χ4n) is 7.29. The third-order valence-corrected chi connectivity index (χ3v) is 20.7. The molecule has 1 saturated heterocycles. The number of β-lactam (4-membered cyclic amide) rings is 1. The number of imidazole rings is 1. The maximum atomic E-state index is 15.3. The Balaban J connectivity index is 1.75. The van der Waals surface area contributed by atoms with Crippen molar-refractivity contribution in [3.63, 3.8) is 0 Å². The number of amides is 1. The first-order valence-electron chi connectivity index (χ1n) is 17.8. The van der Waals surface area contributed by atoms with E-state index in [2.05, 4.69) is 40.4 Å². The molecule has 6 rings (SSSR count). The molecule has 3 aromatic carbocycles. The summed E-state index contributed by atoms with van der Waals surface area (Å²) in [5.74, 6) is -1.72. The second kappa shape index (κ2) is 14.8. The van der Waals surface area contributed by atoms with Gasteiger partial charge in [-0.3, -0.25) is 14.1 Å². The van der Waals surface area contributed by atoms with Crippen LogP contribution in [0.25, 0.3) is 4.83 Å². The quantitative estimate of drug-likeness (QED) is 0.0322. The summed E-state index contributed by atoms with van der Waals surface area (Å²) in [4.78, 5) is 51.5. The summed E-state index contributed by atoms with van der Waals surface area (Å²) in [6.07, 6.45) is 5.42. The van der Waals surface area contributed by atoms with Gasteiger partial charge in [0.15, 0.2) is 8.32 Å². The minimum Gasteiger partial charge on any atom is -0.457 e. The zero-order valence-corrected chi connectivity index (χ0v) is 34.1. The minimum absolute atomic E-state index is 0.0659. The second-order valence-corrected chi connectivity index (χ2v) is 24.2. The van der Waals surface area contributed by atoms with Crippen molar-refractivity contribution in [2.75, 3.05) is 6.61 Å². The van der Waals surface area contributed by atoms with Gasteiger partial charge in [-0.05, 0) is 47.9 Å². The molecule has 0 aliphatic carbocycles. The van der Waals surface area contributed by atoms with Crippen molar-refractivity contribution in [2.45, 2.75) is 70.3 Å². The first kappa shape index (κ1) is 38.4. The smallest absolute Gasteiger partial charge is 0.356 e. The van der Waals surface area contributed by atoms with Crippen LogP contribution >= 0.6 is 18.2 Å². The number of aldehydes is 1. The van der Waals surface area contributed by atoms with Crippen LogP contribution in [0, 0.1) is 5.92 Å². The molecule has 1 fully saturated rings. The number of rotatable bonds is 13. The van der Waals surface area contributed by atoms with Gasteiger partial charge in [0, 0.05) is 18.5 Å². The van der Waals surface area contributed by atoms with E-state index in [0.717, 1.165) is 27.0 Å². The number of benzene rings is 3. The Bertz CT molecular complexity index is 2070. The lowest BCUT2D eigenvalue weighted by Crippen LogP contribution is -2.74. The molecule has 0 N–H and O–H groups in total. The third-order valence-electron chi connectivity index (χ3n) is 10.9. The molecule has 276 valence electrons. The van der Waals surface area contributed by atoms with Gasteiger partial charge in [0.25, 0.3) is 0 Å². The van der Waals surface area contributed by atoms with Crippen molar-refractivity contribution in [3.8, 4) is 0 Å². The molecule has 1 aliphatic rings. The molecule has 0 saturated carbocycles. The number of nitrogens with zero attached hydrogens (tertiary/aromatic N) is 3. The Morgan fingerprint density at radius 1 is 0.962 bits per heavy atom. The molecule has 0 unspecified atom stereocenters. The number of aromatic nitrogens is 2. The number of ether oxygens (including phenoxy) is 1. The van der Waals surface area contributed by atoms with Gasteiger partial charge in [0.1, 0.15) is 29.5 Å². The molecule has 0 spiro atoms. The first-order chi connectivity index (χ1) is 25.2. The largest absolute Gasteiger partial charge is 0.457 e. The van der Waals surface area contributed by atoms with E-state index in [-0.39, 0.29) is 23.0 Å². The van der Waals surface area contributed by atoms with Gasteiger partial charge in [0.2, 0.25) is 5.91 Å². The number of hydrogen-bond donors (Lipinski definition) is 0. The molecule has 0 bridgehead atoms. The lowest BCUT2D eigenvalue weighted by molar-refractivity contribution is -0.162. The monoisotopic (exact) mass is 765 g/mol. The second-order valence-electron chi connectivity index (χ2n) is 15.3. The molecule has 2 aromatic heterocycles. The van der Waals surface area contributed by atoms with Gasteiger partial charge in [0.05, 0.1) is 29.2 Å². The highest BCUT2D eigenvalue weighted by Crippen LogP contribution is 2.53. The molecule has 0 radical (unpaired) electrons. The van der Waals surface area contributed by atoms with E-state index in [0.29, 0.717) is 5.69 Å². The Hall–Kier alpha value is -4.34. The topological polar surface area (TPSA) is 90.2 Å². The first-order valence-corrected chi connectivity index (χ1v) is 23.4. The summed E-state index contributed by atoms with van der Waals surface area (Å²) in [6.45, 7) is 15.1. The molecule has 8 nitrogen and oxygen atoms in total. The maximum absolute atomic E-state index is 15.3. The molecular formula is C42H48N3O5PSSi. The summed E-state index contributed by atoms with van der Waals surface area (Å²) in [6, 6.07) is 28.7. The molecular weight excluding hydrogens is 718 g/mol. The van der Waals surface area contributed by atoms with Gasteiger partial charge >= 0.3 is 5.97 Å². The number of thiazole rings is 1. The van der Waals surface area contributed by atoms with E-state index in [1.165, 1.54) is 17.4 Å². The number of hydrogen-bond acceptors (Lipinski definition) is 7. The van der Waals surface area contributed by atoms with Crippen LogP contribution in [-0.2, 0) is 29.0 Å². The molecule has 11 heteroatoms. The Kier molecular flexibility index (Phi) is 10.7. The standard InChI is InChI=1S/C42H48N3O5PSSi/c1-9-26-49-40(48)38(51(31-19-13-10-14-20-31,32-21-15-11-16-22-32)33-23-17-12-18-24-33)45-36(34(37(45)47)30(2)50-53(7,8)41(3,4)5)42(6,28-46)35-39-44(29-43-35)25-27-52-39/h9-25,27-30,34,36H,1,26H2,2-8H3/t30-,34-,36-,42+/m1/s1. The number of esters is 1. The summed E-state index contributed by atoms with van der Waals surface area (Å²) in [5, 5.41) is 4.39. The van der Waals surface area contributed by atoms with Crippen LogP contribution < -0.4 is 15.9 Å². The minimum atomic E-state index is -3.23. The highest BCUT2D eigenvalue weighted by atomic mass is 32.1. The molecule has 1 aliphatic heterocycles. The van der Waals surface area contributed by atoms with E-state index in [1.807, 2.05) is 121 Å². The molecule has 53 heavy (non-hydrogen) atoms. The summed E-state index contributed by atoms with van der Waals surface area (Å²) < 4.78 is 14.8. The molecule has 3 heterocycles. The highest BCUT2D eigenvalue weighted by molar-refractivity contribution is 7.96. The predicted molar refractivity (Wildman–Crippen MR) is 220 cm³/mol. The number of carbonyl (C=O) groups excluding carboxylic acids is 3. The van der Waals surface area contributed by atoms with Crippen LogP contribution in [0.4, 0.5) is 0 Å². The van der Waals surface area contributed by atoms with Gasteiger partial charge in [-0.1, -0.05) is 124 Å². The van der Waals surface area contributed by atoms with Crippen molar-refractivity contribution in [3.05, 3.63) is 127 Å². The van der Waals surface area contributed by atoms with E-state index in [1.54, 1.807) is 11.2 Å². The van der Waals surface area contributed by atoms with Gasteiger partial charge < -0.3 is 14.0 Å². The van der Waals surface area contributed by atoms with Crippen LogP contribution in [-0.4, -0.2) is 64.9 Å². The number of likely N-dealkylation sites (tertiary alicyclic amines) is 1. The zero-order chi connectivity index (χ0) is 38.2. The van der Waals surface area contributed by atoms with Crippen LogP contribution in [0.1, 0.15) is 40.3 Å². The Morgan fingerprint density at radius 2 is 1.49 bits per heavy atom. The summed E-state index contributed by atoms with van der Waals surface area (Å²) >= 11 is 1.47. The lowest BCUT2D eigenvalue weighted by atomic mass is 9.66. The third kappa shape index (κ3) is 6.50. The van der Waals surface area contributed by atoms with E-state index in [4.69, 9.17) is 14.1 Å². The zero-order valence-electron chi connectivity index (χ0n) is 31.4. The molecule has 5 aromatic rings. The normalized spacial score (nSPS) is 18.2. The Labute approximate surface area is 317 Å².